The van der Waals surface area contributed by atoms with Crippen molar-refractivity contribution in [3.05, 3.63) is 24.3 Å². The second-order valence-electron chi connectivity index (χ2n) is 9.46. The number of allylic oxidation sites excluding steroid dienone is 3. The zero-order valence-electron chi connectivity index (χ0n) is 22.0. The molecule has 0 aromatic heterocycles. The van der Waals surface area contributed by atoms with Gasteiger partial charge in [-0.2, -0.15) is 8.42 Å². The average molecular weight is 518 g/mol. The van der Waals surface area contributed by atoms with Crippen LogP contribution in [0, 0.1) is 0 Å². The number of carbonyl (C=O) groups is 1. The molecular weight excluding hydrogens is 466 g/mol. The summed E-state index contributed by atoms with van der Waals surface area (Å²) in [4.78, 5) is 12.4. The van der Waals surface area contributed by atoms with Gasteiger partial charge in [0.05, 0.1) is 17.9 Å². The molecular formula is C27H51NO6S. The fourth-order valence-electron chi connectivity index (χ4n) is 3.81. The van der Waals surface area contributed by atoms with E-state index in [1.54, 1.807) is 6.08 Å². The first kappa shape index (κ1) is 33.8. The number of nitrogens with one attached hydrogen (secondary N) is 1. The predicted octanol–water partition coefficient (Wildman–Crippen LogP) is 5.47. The molecule has 7 nitrogen and oxygen atoms in total. The van der Waals surface area contributed by atoms with Crippen molar-refractivity contribution in [1.29, 1.82) is 0 Å². The standard InChI is InChI=1S/C27H51NO6S/c1-3-5-7-9-11-13-14-16-18-20-22-26(30)27(31)28-24(23-35(32,33)34)25(29)21-19-17-15-12-10-8-6-4-2/h10,12,19,21,24-26,29-30H,3-9,11,13-18,20,22-23H2,1-2H3,(H,28,31)(H,32,33,34)/b12-10+,21-19+. The molecule has 0 saturated carbocycles. The van der Waals surface area contributed by atoms with E-state index < -0.39 is 40.0 Å². The first-order chi connectivity index (χ1) is 16.7. The van der Waals surface area contributed by atoms with Gasteiger partial charge in [-0.15, -0.1) is 0 Å². The van der Waals surface area contributed by atoms with Gasteiger partial charge in [0, 0.05) is 0 Å². The lowest BCUT2D eigenvalue weighted by atomic mass is 10.0. The van der Waals surface area contributed by atoms with Crippen LogP contribution in [0.5, 0.6) is 0 Å². The van der Waals surface area contributed by atoms with Crippen LogP contribution in [0.2, 0.25) is 0 Å². The first-order valence-electron chi connectivity index (χ1n) is 13.6. The average Bonchev–Trinajstić information content (AvgIpc) is 2.80. The zero-order valence-corrected chi connectivity index (χ0v) is 22.9. The van der Waals surface area contributed by atoms with E-state index in [0.29, 0.717) is 12.8 Å². The third-order valence-electron chi connectivity index (χ3n) is 5.99. The van der Waals surface area contributed by atoms with E-state index >= 15 is 0 Å². The van der Waals surface area contributed by atoms with Gasteiger partial charge in [0.1, 0.15) is 6.10 Å². The Hall–Kier alpha value is -1.22. The van der Waals surface area contributed by atoms with Crippen molar-refractivity contribution in [2.75, 3.05) is 5.75 Å². The minimum Gasteiger partial charge on any atom is -0.387 e. The van der Waals surface area contributed by atoms with Crippen molar-refractivity contribution in [1.82, 2.24) is 5.32 Å². The monoisotopic (exact) mass is 517 g/mol. The van der Waals surface area contributed by atoms with Crippen LogP contribution >= 0.6 is 0 Å². The largest absolute Gasteiger partial charge is 0.387 e. The SMILES string of the molecule is CCCC/C=C/CC/C=C/C(O)C(CS(=O)(=O)O)NC(=O)C(O)CCCCCCCCCCCC. The Labute approximate surface area is 214 Å². The van der Waals surface area contributed by atoms with Gasteiger partial charge >= 0.3 is 0 Å². The number of carbonyl (C=O) groups excluding carboxylic acids is 1. The maximum Gasteiger partial charge on any atom is 0.267 e. The molecule has 0 aromatic carbocycles. The summed E-state index contributed by atoms with van der Waals surface area (Å²) < 4.78 is 32.0. The van der Waals surface area contributed by atoms with Gasteiger partial charge in [0.25, 0.3) is 10.1 Å². The molecule has 0 saturated heterocycles. The highest BCUT2D eigenvalue weighted by molar-refractivity contribution is 7.85. The van der Waals surface area contributed by atoms with E-state index in [2.05, 4.69) is 31.3 Å². The molecule has 0 aliphatic carbocycles. The molecule has 206 valence electrons. The third kappa shape index (κ3) is 21.8. The van der Waals surface area contributed by atoms with E-state index in [-0.39, 0.29) is 6.42 Å². The summed E-state index contributed by atoms with van der Waals surface area (Å²) in [5, 5.41) is 22.9. The zero-order chi connectivity index (χ0) is 26.4. The van der Waals surface area contributed by atoms with Crippen LogP contribution in [0.4, 0.5) is 0 Å². The minimum absolute atomic E-state index is 0.275. The molecule has 0 rings (SSSR count). The van der Waals surface area contributed by atoms with Crippen molar-refractivity contribution in [3.63, 3.8) is 0 Å². The molecule has 3 atom stereocenters. The minimum atomic E-state index is -4.43. The molecule has 3 unspecified atom stereocenters. The highest BCUT2D eigenvalue weighted by Gasteiger charge is 2.27. The maximum absolute atomic E-state index is 12.4. The number of aliphatic hydroxyl groups is 2. The lowest BCUT2D eigenvalue weighted by Crippen LogP contribution is -2.50. The Morgan fingerprint density at radius 2 is 1.29 bits per heavy atom. The summed E-state index contributed by atoms with van der Waals surface area (Å²) in [5.74, 6) is -1.56. The topological polar surface area (TPSA) is 124 Å². The predicted molar refractivity (Wildman–Crippen MR) is 144 cm³/mol. The number of unbranched alkanes of at least 4 members (excludes halogenated alkanes) is 12. The van der Waals surface area contributed by atoms with Crippen molar-refractivity contribution in [2.45, 2.75) is 135 Å². The van der Waals surface area contributed by atoms with Gasteiger partial charge in [0.2, 0.25) is 5.91 Å². The highest BCUT2D eigenvalue weighted by Crippen LogP contribution is 2.12. The Morgan fingerprint density at radius 3 is 1.86 bits per heavy atom. The summed E-state index contributed by atoms with van der Waals surface area (Å²) in [5.41, 5.74) is 0. The highest BCUT2D eigenvalue weighted by atomic mass is 32.2. The summed E-state index contributed by atoms with van der Waals surface area (Å²) in [7, 11) is -4.43. The molecule has 0 spiro atoms. The fourth-order valence-corrected chi connectivity index (χ4v) is 4.54. The quantitative estimate of drug-likeness (QED) is 0.0809. The fraction of sp³-hybridized carbons (Fsp3) is 0.815. The van der Waals surface area contributed by atoms with Gasteiger partial charge in [-0.05, 0) is 25.7 Å². The molecule has 35 heavy (non-hydrogen) atoms. The Kier molecular flexibility index (Phi) is 21.2. The van der Waals surface area contributed by atoms with Crippen LogP contribution in [0.15, 0.2) is 24.3 Å². The summed E-state index contributed by atoms with van der Waals surface area (Å²) in [6.45, 7) is 4.34. The van der Waals surface area contributed by atoms with E-state index in [0.717, 1.165) is 44.9 Å². The van der Waals surface area contributed by atoms with Crippen LogP contribution in [0.3, 0.4) is 0 Å². The second kappa shape index (κ2) is 22.0. The van der Waals surface area contributed by atoms with Gasteiger partial charge in [0.15, 0.2) is 0 Å². The van der Waals surface area contributed by atoms with E-state index in [1.165, 1.54) is 44.6 Å². The van der Waals surface area contributed by atoms with Crippen LogP contribution in [0.1, 0.15) is 117 Å². The number of amides is 1. The first-order valence-corrected chi connectivity index (χ1v) is 15.3. The molecule has 0 fully saturated rings. The summed E-state index contributed by atoms with van der Waals surface area (Å²) in [6, 6.07) is -1.24. The Morgan fingerprint density at radius 1 is 0.771 bits per heavy atom. The number of aliphatic hydroxyl groups excluding tert-OH is 2. The van der Waals surface area contributed by atoms with Crippen molar-refractivity contribution in [3.8, 4) is 0 Å². The van der Waals surface area contributed by atoms with Crippen LogP contribution in [0.25, 0.3) is 0 Å². The number of hydrogen-bond donors (Lipinski definition) is 4. The molecule has 1 amide bonds. The lowest BCUT2D eigenvalue weighted by Gasteiger charge is -2.22. The van der Waals surface area contributed by atoms with Crippen LogP contribution in [-0.2, 0) is 14.9 Å². The van der Waals surface area contributed by atoms with Crippen molar-refractivity contribution in [2.24, 2.45) is 0 Å². The molecule has 4 N–H and O–H groups in total. The molecule has 0 heterocycles. The number of hydrogen-bond acceptors (Lipinski definition) is 5. The Balaban J connectivity index is 4.37. The molecule has 0 radical (unpaired) electrons. The van der Waals surface area contributed by atoms with Crippen molar-refractivity contribution < 1.29 is 28.0 Å². The van der Waals surface area contributed by atoms with E-state index in [1.807, 2.05) is 0 Å². The van der Waals surface area contributed by atoms with Crippen molar-refractivity contribution >= 4 is 16.0 Å². The molecule has 0 bridgehead atoms. The Bertz CT molecular complexity index is 677. The van der Waals surface area contributed by atoms with Gasteiger partial charge in [-0.25, -0.2) is 0 Å². The molecule has 0 aliphatic rings. The van der Waals surface area contributed by atoms with Gasteiger partial charge in [-0.3, -0.25) is 9.35 Å². The summed E-state index contributed by atoms with van der Waals surface area (Å²) >= 11 is 0. The third-order valence-corrected chi connectivity index (χ3v) is 6.77. The second-order valence-corrected chi connectivity index (χ2v) is 11.0. The van der Waals surface area contributed by atoms with Gasteiger partial charge in [-0.1, -0.05) is 115 Å². The molecule has 0 aliphatic heterocycles. The lowest BCUT2D eigenvalue weighted by molar-refractivity contribution is -0.130. The van der Waals surface area contributed by atoms with E-state index in [4.69, 9.17) is 0 Å². The van der Waals surface area contributed by atoms with Crippen LogP contribution < -0.4 is 5.32 Å². The maximum atomic E-state index is 12.4. The normalized spacial score (nSPS) is 15.0. The van der Waals surface area contributed by atoms with Crippen LogP contribution in [-0.4, -0.2) is 53.1 Å². The smallest absolute Gasteiger partial charge is 0.267 e. The molecule has 0 aromatic rings. The van der Waals surface area contributed by atoms with E-state index in [9.17, 15) is 28.0 Å². The van der Waals surface area contributed by atoms with Gasteiger partial charge < -0.3 is 15.5 Å². The number of rotatable bonds is 23. The molecule has 8 heteroatoms. The summed E-state index contributed by atoms with van der Waals surface area (Å²) in [6.07, 6.45) is 21.2.